The summed E-state index contributed by atoms with van der Waals surface area (Å²) >= 11 is 3.33. The molecule has 1 aromatic carbocycles. The first-order chi connectivity index (χ1) is 8.15. The van der Waals surface area contributed by atoms with Crippen molar-refractivity contribution in [3.05, 3.63) is 34.1 Å². The molecule has 0 atom stereocenters. The van der Waals surface area contributed by atoms with Crippen LogP contribution >= 0.6 is 15.9 Å². The Morgan fingerprint density at radius 2 is 2.24 bits per heavy atom. The largest absolute Gasteiger partial charge is 0.315 e. The summed E-state index contributed by atoms with van der Waals surface area (Å²) < 4.78 is 14.3. The van der Waals surface area contributed by atoms with Gasteiger partial charge in [0.25, 0.3) is 0 Å². The van der Waals surface area contributed by atoms with Crippen LogP contribution in [0.5, 0.6) is 0 Å². The van der Waals surface area contributed by atoms with Crippen LogP contribution in [0.1, 0.15) is 18.4 Å². The minimum atomic E-state index is -0.170. The molecule has 4 heteroatoms. The molecule has 0 radical (unpaired) electrons. The van der Waals surface area contributed by atoms with E-state index in [1.54, 1.807) is 12.1 Å². The van der Waals surface area contributed by atoms with Gasteiger partial charge in [0.05, 0.1) is 11.5 Å². The molecular formula is C13H14BrFN2. The average Bonchev–Trinajstić information content (AvgIpc) is 3.10. The number of halogens is 2. The van der Waals surface area contributed by atoms with Crippen LogP contribution in [0.2, 0.25) is 0 Å². The highest BCUT2D eigenvalue weighted by atomic mass is 79.9. The molecule has 0 spiro atoms. The maximum Gasteiger partial charge on any atom is 0.126 e. The van der Waals surface area contributed by atoms with Crippen LogP contribution in [0.3, 0.4) is 0 Å². The predicted octanol–water partition coefficient (Wildman–Crippen LogP) is 3.02. The SMILES string of the molecule is N#CC1(CNCCc2cc(Br)ccc2F)CC1. The third-order valence-corrected chi connectivity index (χ3v) is 3.63. The smallest absolute Gasteiger partial charge is 0.126 e. The summed E-state index contributed by atoms with van der Waals surface area (Å²) in [5.74, 6) is -0.170. The normalized spacial score (nSPS) is 16.5. The van der Waals surface area contributed by atoms with Gasteiger partial charge in [-0.15, -0.1) is 0 Å². The number of hydrogen-bond donors (Lipinski definition) is 1. The van der Waals surface area contributed by atoms with Gasteiger partial charge in [0.2, 0.25) is 0 Å². The first-order valence-electron chi connectivity index (χ1n) is 5.71. The number of rotatable bonds is 5. The van der Waals surface area contributed by atoms with Crippen LogP contribution in [0.15, 0.2) is 22.7 Å². The van der Waals surface area contributed by atoms with E-state index in [1.807, 2.05) is 0 Å². The predicted molar refractivity (Wildman–Crippen MR) is 68.0 cm³/mol. The molecular weight excluding hydrogens is 283 g/mol. The number of hydrogen-bond acceptors (Lipinski definition) is 2. The van der Waals surface area contributed by atoms with Crippen LogP contribution in [-0.2, 0) is 6.42 Å². The molecule has 1 N–H and O–H groups in total. The molecule has 0 saturated heterocycles. The van der Waals surface area contributed by atoms with Gasteiger partial charge in [0.15, 0.2) is 0 Å². The zero-order chi connectivity index (χ0) is 12.3. The van der Waals surface area contributed by atoms with Crippen molar-refractivity contribution in [3.63, 3.8) is 0 Å². The Labute approximate surface area is 109 Å². The molecule has 90 valence electrons. The molecule has 0 unspecified atom stereocenters. The zero-order valence-corrected chi connectivity index (χ0v) is 11.1. The Morgan fingerprint density at radius 1 is 1.47 bits per heavy atom. The van der Waals surface area contributed by atoms with Crippen LogP contribution < -0.4 is 5.32 Å². The molecule has 1 aliphatic rings. The summed E-state index contributed by atoms with van der Waals surface area (Å²) in [4.78, 5) is 0. The maximum atomic E-state index is 13.4. The van der Waals surface area contributed by atoms with Gasteiger partial charge < -0.3 is 5.32 Å². The molecule has 1 saturated carbocycles. The second kappa shape index (κ2) is 5.16. The van der Waals surface area contributed by atoms with Crippen molar-refractivity contribution < 1.29 is 4.39 Å². The standard InChI is InChI=1S/C13H14BrFN2/c14-11-1-2-12(15)10(7-11)3-6-17-9-13(8-16)4-5-13/h1-2,7,17H,3-6,9H2. The van der Waals surface area contributed by atoms with Crippen molar-refractivity contribution in [3.8, 4) is 6.07 Å². The van der Waals surface area contributed by atoms with E-state index in [1.165, 1.54) is 6.07 Å². The van der Waals surface area contributed by atoms with E-state index in [0.29, 0.717) is 18.5 Å². The maximum absolute atomic E-state index is 13.4. The van der Waals surface area contributed by atoms with E-state index in [9.17, 15) is 4.39 Å². The fourth-order valence-electron chi connectivity index (χ4n) is 1.76. The number of nitrogens with one attached hydrogen (secondary N) is 1. The minimum Gasteiger partial charge on any atom is -0.315 e. The first-order valence-corrected chi connectivity index (χ1v) is 6.50. The summed E-state index contributed by atoms with van der Waals surface area (Å²) in [7, 11) is 0. The monoisotopic (exact) mass is 296 g/mol. The Bertz CT molecular complexity index is 449. The van der Waals surface area contributed by atoms with E-state index in [0.717, 1.165) is 23.9 Å². The third kappa shape index (κ3) is 3.27. The minimum absolute atomic E-state index is 0.129. The molecule has 2 rings (SSSR count). The highest BCUT2D eigenvalue weighted by Crippen LogP contribution is 2.43. The van der Waals surface area contributed by atoms with Crippen LogP contribution in [0.25, 0.3) is 0 Å². The van der Waals surface area contributed by atoms with Gasteiger partial charge in [-0.3, -0.25) is 0 Å². The lowest BCUT2D eigenvalue weighted by Gasteiger charge is -2.08. The summed E-state index contributed by atoms with van der Waals surface area (Å²) in [6.07, 6.45) is 2.62. The van der Waals surface area contributed by atoms with E-state index < -0.39 is 0 Å². The molecule has 0 heterocycles. The number of nitrogens with zero attached hydrogens (tertiary/aromatic N) is 1. The fourth-order valence-corrected chi connectivity index (χ4v) is 2.17. The lowest BCUT2D eigenvalue weighted by Crippen LogP contribution is -2.25. The number of nitriles is 1. The number of benzene rings is 1. The van der Waals surface area contributed by atoms with Crippen molar-refractivity contribution in [2.45, 2.75) is 19.3 Å². The molecule has 1 aliphatic carbocycles. The zero-order valence-electron chi connectivity index (χ0n) is 9.47. The Hall–Kier alpha value is -0.920. The second-order valence-corrected chi connectivity index (χ2v) is 5.47. The molecule has 0 amide bonds. The quantitative estimate of drug-likeness (QED) is 0.848. The van der Waals surface area contributed by atoms with E-state index in [4.69, 9.17) is 5.26 Å². The van der Waals surface area contributed by atoms with Crippen molar-refractivity contribution >= 4 is 15.9 Å². The van der Waals surface area contributed by atoms with Gasteiger partial charge in [0, 0.05) is 11.0 Å². The molecule has 17 heavy (non-hydrogen) atoms. The fraction of sp³-hybridized carbons (Fsp3) is 0.462. The van der Waals surface area contributed by atoms with Crippen LogP contribution in [-0.4, -0.2) is 13.1 Å². The van der Waals surface area contributed by atoms with Gasteiger partial charge in [-0.05, 0) is 49.6 Å². The van der Waals surface area contributed by atoms with E-state index in [-0.39, 0.29) is 11.2 Å². The van der Waals surface area contributed by atoms with E-state index in [2.05, 4.69) is 27.3 Å². The topological polar surface area (TPSA) is 35.8 Å². The lowest BCUT2D eigenvalue weighted by atomic mass is 10.1. The molecule has 2 nitrogen and oxygen atoms in total. The molecule has 1 aromatic rings. The highest BCUT2D eigenvalue weighted by molar-refractivity contribution is 9.10. The van der Waals surface area contributed by atoms with Gasteiger partial charge >= 0.3 is 0 Å². The molecule has 0 bridgehead atoms. The van der Waals surface area contributed by atoms with Crippen LogP contribution in [0, 0.1) is 22.6 Å². The Morgan fingerprint density at radius 3 is 2.88 bits per heavy atom. The second-order valence-electron chi connectivity index (χ2n) is 4.55. The Balaban J connectivity index is 1.78. The molecule has 0 aromatic heterocycles. The average molecular weight is 297 g/mol. The Kier molecular flexibility index (Phi) is 3.80. The van der Waals surface area contributed by atoms with Gasteiger partial charge in [-0.1, -0.05) is 15.9 Å². The van der Waals surface area contributed by atoms with Gasteiger partial charge in [0.1, 0.15) is 5.82 Å². The highest BCUT2D eigenvalue weighted by Gasteiger charge is 2.42. The van der Waals surface area contributed by atoms with E-state index >= 15 is 0 Å². The summed E-state index contributed by atoms with van der Waals surface area (Å²) in [6, 6.07) is 7.29. The first kappa shape index (κ1) is 12.5. The van der Waals surface area contributed by atoms with Crippen molar-refractivity contribution in [2.24, 2.45) is 5.41 Å². The van der Waals surface area contributed by atoms with Crippen molar-refractivity contribution in [2.75, 3.05) is 13.1 Å². The summed E-state index contributed by atoms with van der Waals surface area (Å²) in [5.41, 5.74) is 0.573. The van der Waals surface area contributed by atoms with Crippen molar-refractivity contribution in [1.29, 1.82) is 5.26 Å². The lowest BCUT2D eigenvalue weighted by molar-refractivity contribution is 0.550. The summed E-state index contributed by atoms with van der Waals surface area (Å²) in [5, 5.41) is 12.1. The third-order valence-electron chi connectivity index (χ3n) is 3.13. The summed E-state index contributed by atoms with van der Waals surface area (Å²) in [6.45, 7) is 1.43. The van der Waals surface area contributed by atoms with Crippen LogP contribution in [0.4, 0.5) is 4.39 Å². The van der Waals surface area contributed by atoms with Crippen molar-refractivity contribution in [1.82, 2.24) is 5.32 Å². The van der Waals surface area contributed by atoms with Gasteiger partial charge in [-0.25, -0.2) is 4.39 Å². The molecule has 0 aliphatic heterocycles. The van der Waals surface area contributed by atoms with Gasteiger partial charge in [-0.2, -0.15) is 5.26 Å². The molecule has 1 fully saturated rings.